The Morgan fingerprint density at radius 2 is 1.81 bits per heavy atom. The standard InChI is InChI=1S/C26H37NO3S/c1-18-6-8-19(9-7-18)17-27(20-10-12-21(28)13-11-20)23-16-22(14-15-26(2,3)4)31-24(23)25(29)30-5/h16,18-20H,6-13,17H2,1-5H3. The van der Waals surface area contributed by atoms with Gasteiger partial charge in [0.05, 0.1) is 17.7 Å². The van der Waals surface area contributed by atoms with Crippen LogP contribution in [0, 0.1) is 29.1 Å². The molecule has 4 nitrogen and oxygen atoms in total. The highest BCUT2D eigenvalue weighted by atomic mass is 32.1. The van der Waals surface area contributed by atoms with E-state index >= 15 is 0 Å². The van der Waals surface area contributed by atoms with Gasteiger partial charge in [-0.3, -0.25) is 4.79 Å². The first-order valence-corrected chi connectivity index (χ1v) is 12.5. The predicted octanol–water partition coefficient (Wildman–Crippen LogP) is 6.08. The number of hydrogen-bond acceptors (Lipinski definition) is 5. The number of anilines is 1. The lowest BCUT2D eigenvalue weighted by atomic mass is 9.82. The Labute approximate surface area is 191 Å². The van der Waals surface area contributed by atoms with E-state index in [4.69, 9.17) is 4.74 Å². The van der Waals surface area contributed by atoms with Crippen LogP contribution >= 0.6 is 11.3 Å². The third-order valence-corrected chi connectivity index (χ3v) is 7.52. The summed E-state index contributed by atoms with van der Waals surface area (Å²) in [4.78, 5) is 28.5. The molecule has 2 fully saturated rings. The summed E-state index contributed by atoms with van der Waals surface area (Å²) in [5.41, 5.74) is 0.852. The normalized spacial score (nSPS) is 22.5. The Morgan fingerprint density at radius 3 is 2.39 bits per heavy atom. The van der Waals surface area contributed by atoms with E-state index in [-0.39, 0.29) is 11.4 Å². The number of nitrogens with zero attached hydrogens (tertiary/aromatic N) is 1. The Kier molecular flexibility index (Phi) is 7.86. The number of ether oxygens (including phenoxy) is 1. The van der Waals surface area contributed by atoms with Gasteiger partial charge < -0.3 is 9.64 Å². The van der Waals surface area contributed by atoms with Crippen LogP contribution < -0.4 is 4.90 Å². The van der Waals surface area contributed by atoms with E-state index in [1.165, 1.54) is 44.1 Å². The summed E-state index contributed by atoms with van der Waals surface area (Å²) in [5, 5.41) is 0. The van der Waals surface area contributed by atoms with Crippen LogP contribution in [0.5, 0.6) is 0 Å². The monoisotopic (exact) mass is 443 g/mol. The third-order valence-electron chi connectivity index (χ3n) is 6.50. The van der Waals surface area contributed by atoms with Crippen LogP contribution in [0.2, 0.25) is 0 Å². The SMILES string of the molecule is COC(=O)c1sc(C#CC(C)(C)C)cc1N(CC1CCC(C)CC1)C1CCC(=O)CC1. The highest BCUT2D eigenvalue weighted by molar-refractivity contribution is 7.15. The zero-order valence-electron chi connectivity index (χ0n) is 19.8. The lowest BCUT2D eigenvalue weighted by Gasteiger charge is -2.39. The molecule has 0 N–H and O–H groups in total. The number of ketones is 1. The van der Waals surface area contributed by atoms with Crippen molar-refractivity contribution in [3.8, 4) is 11.8 Å². The molecule has 1 aromatic heterocycles. The van der Waals surface area contributed by atoms with E-state index in [1.54, 1.807) is 0 Å². The summed E-state index contributed by atoms with van der Waals surface area (Å²) >= 11 is 1.43. The lowest BCUT2D eigenvalue weighted by Crippen LogP contribution is -2.42. The van der Waals surface area contributed by atoms with Crippen molar-refractivity contribution < 1.29 is 14.3 Å². The fourth-order valence-electron chi connectivity index (χ4n) is 4.61. The highest BCUT2D eigenvalue weighted by Gasteiger charge is 2.32. The summed E-state index contributed by atoms with van der Waals surface area (Å²) in [5.74, 6) is 8.07. The zero-order chi connectivity index (χ0) is 22.6. The maximum absolute atomic E-state index is 12.7. The van der Waals surface area contributed by atoms with Crippen LogP contribution in [-0.2, 0) is 9.53 Å². The van der Waals surface area contributed by atoms with Crippen molar-refractivity contribution in [2.45, 2.75) is 85.1 Å². The van der Waals surface area contributed by atoms with E-state index in [0.29, 0.717) is 35.5 Å². The Bertz CT molecular complexity index is 836. The van der Waals surface area contributed by atoms with Gasteiger partial charge in [0.15, 0.2) is 0 Å². The molecule has 0 spiro atoms. The van der Waals surface area contributed by atoms with Crippen molar-refractivity contribution in [3.63, 3.8) is 0 Å². The number of thiophene rings is 1. The molecule has 1 aromatic rings. The fraction of sp³-hybridized carbons (Fsp3) is 0.692. The van der Waals surface area contributed by atoms with Gasteiger partial charge in [0.2, 0.25) is 0 Å². The molecule has 0 aromatic carbocycles. The second-order valence-electron chi connectivity index (χ2n) is 10.4. The van der Waals surface area contributed by atoms with E-state index in [9.17, 15) is 9.59 Å². The first-order chi connectivity index (χ1) is 14.7. The average molecular weight is 444 g/mol. The smallest absolute Gasteiger partial charge is 0.350 e. The minimum atomic E-state index is -0.294. The predicted molar refractivity (Wildman–Crippen MR) is 128 cm³/mol. The molecule has 0 unspecified atom stereocenters. The minimum Gasteiger partial charge on any atom is -0.465 e. The van der Waals surface area contributed by atoms with E-state index in [1.807, 2.05) is 0 Å². The van der Waals surface area contributed by atoms with Crippen molar-refractivity contribution in [1.29, 1.82) is 0 Å². The molecule has 1 heterocycles. The van der Waals surface area contributed by atoms with Crippen LogP contribution in [0.4, 0.5) is 5.69 Å². The van der Waals surface area contributed by atoms with Crippen molar-refractivity contribution >= 4 is 28.8 Å². The molecule has 0 bridgehead atoms. The lowest BCUT2D eigenvalue weighted by molar-refractivity contribution is -0.120. The largest absolute Gasteiger partial charge is 0.465 e. The Morgan fingerprint density at radius 1 is 1.16 bits per heavy atom. The number of carbonyl (C=O) groups is 2. The van der Waals surface area contributed by atoms with Gasteiger partial charge in [0.25, 0.3) is 0 Å². The van der Waals surface area contributed by atoms with Crippen molar-refractivity contribution in [2.75, 3.05) is 18.6 Å². The summed E-state index contributed by atoms with van der Waals surface area (Å²) in [6.45, 7) is 9.55. The van der Waals surface area contributed by atoms with Gasteiger partial charge in [-0.2, -0.15) is 0 Å². The number of hydrogen-bond donors (Lipinski definition) is 0. The van der Waals surface area contributed by atoms with Gasteiger partial charge in [0, 0.05) is 30.8 Å². The van der Waals surface area contributed by atoms with E-state index in [0.717, 1.165) is 35.9 Å². The molecule has 3 rings (SSSR count). The van der Waals surface area contributed by atoms with Crippen LogP contribution in [0.3, 0.4) is 0 Å². The molecule has 2 saturated carbocycles. The molecule has 0 saturated heterocycles. The number of rotatable bonds is 5. The number of Topliss-reactive ketones (excluding diaryl/α,β-unsaturated/α-hetero) is 1. The van der Waals surface area contributed by atoms with Gasteiger partial charge >= 0.3 is 5.97 Å². The quantitative estimate of drug-likeness (QED) is 0.409. The van der Waals surface area contributed by atoms with Crippen molar-refractivity contribution in [2.24, 2.45) is 17.3 Å². The van der Waals surface area contributed by atoms with Gasteiger partial charge in [-0.05, 0) is 64.4 Å². The fourth-order valence-corrected chi connectivity index (χ4v) is 5.55. The average Bonchev–Trinajstić information content (AvgIpc) is 3.16. The summed E-state index contributed by atoms with van der Waals surface area (Å²) in [7, 11) is 1.44. The van der Waals surface area contributed by atoms with Gasteiger partial charge in [-0.1, -0.05) is 31.6 Å². The van der Waals surface area contributed by atoms with E-state index < -0.39 is 0 Å². The minimum absolute atomic E-state index is 0.0994. The molecule has 5 heteroatoms. The first kappa shape index (κ1) is 23.9. The topological polar surface area (TPSA) is 46.6 Å². The summed E-state index contributed by atoms with van der Waals surface area (Å²) < 4.78 is 5.14. The molecular formula is C26H37NO3S. The number of methoxy groups -OCH3 is 1. The molecule has 0 aliphatic heterocycles. The summed E-state index contributed by atoms with van der Waals surface area (Å²) in [6.07, 6.45) is 8.02. The molecule has 0 atom stereocenters. The highest BCUT2D eigenvalue weighted by Crippen LogP contribution is 2.38. The summed E-state index contributed by atoms with van der Waals surface area (Å²) in [6, 6.07) is 2.37. The number of esters is 1. The molecule has 170 valence electrons. The maximum atomic E-state index is 12.7. The molecule has 31 heavy (non-hydrogen) atoms. The second kappa shape index (κ2) is 10.2. The zero-order valence-corrected chi connectivity index (χ0v) is 20.6. The van der Waals surface area contributed by atoms with Crippen LogP contribution in [0.1, 0.15) is 93.6 Å². The van der Waals surface area contributed by atoms with Gasteiger partial charge in [-0.25, -0.2) is 4.79 Å². The van der Waals surface area contributed by atoms with Crippen LogP contribution in [-0.4, -0.2) is 31.4 Å². The van der Waals surface area contributed by atoms with Crippen LogP contribution in [0.15, 0.2) is 6.07 Å². The second-order valence-corrected chi connectivity index (χ2v) is 11.4. The van der Waals surface area contributed by atoms with Crippen molar-refractivity contribution in [1.82, 2.24) is 0 Å². The Hall–Kier alpha value is -1.80. The Balaban J connectivity index is 1.95. The molecule has 2 aliphatic carbocycles. The third kappa shape index (κ3) is 6.59. The molecule has 0 radical (unpaired) electrons. The molecular weight excluding hydrogens is 406 g/mol. The van der Waals surface area contributed by atoms with Crippen molar-refractivity contribution in [3.05, 3.63) is 15.8 Å². The van der Waals surface area contributed by atoms with Crippen LogP contribution in [0.25, 0.3) is 0 Å². The first-order valence-electron chi connectivity index (χ1n) is 11.7. The maximum Gasteiger partial charge on any atom is 0.350 e. The van der Waals surface area contributed by atoms with Gasteiger partial charge in [0.1, 0.15) is 10.7 Å². The molecule has 0 amide bonds. The molecule has 2 aliphatic rings. The van der Waals surface area contributed by atoms with E-state index in [2.05, 4.69) is 50.5 Å². The van der Waals surface area contributed by atoms with Gasteiger partial charge in [-0.15, -0.1) is 11.3 Å². The number of carbonyl (C=O) groups excluding carboxylic acids is 2.